The molecule has 2 rings (SSSR count). The van der Waals surface area contributed by atoms with E-state index in [9.17, 15) is 12.9 Å². The fourth-order valence-corrected chi connectivity index (χ4v) is 1.94. The van der Waals surface area contributed by atoms with Gasteiger partial charge in [0.15, 0.2) is 0 Å². The van der Waals surface area contributed by atoms with Crippen molar-refractivity contribution in [2.45, 2.75) is 0 Å². The second-order valence-electron chi connectivity index (χ2n) is 4.05. The monoisotopic (exact) mass is 416 g/mol. The molecule has 0 aliphatic carbocycles. The third kappa shape index (κ3) is 6.07. The van der Waals surface area contributed by atoms with Gasteiger partial charge in [0, 0.05) is 3.57 Å². The normalized spacial score (nSPS) is 10.8. The van der Waals surface area contributed by atoms with E-state index >= 15 is 0 Å². The Morgan fingerprint density at radius 1 is 0.850 bits per heavy atom. The van der Waals surface area contributed by atoms with Crippen molar-refractivity contribution in [3.8, 4) is 16.9 Å². The zero-order valence-corrected chi connectivity index (χ0v) is 16.1. The van der Waals surface area contributed by atoms with Gasteiger partial charge in [-0.25, -0.2) is 0 Å². The van der Waals surface area contributed by atoms with Crippen LogP contribution in [0.4, 0.5) is 12.9 Å². The third-order valence-electron chi connectivity index (χ3n) is 2.47. The van der Waals surface area contributed by atoms with Gasteiger partial charge in [0.25, 0.3) is 0 Å². The fraction of sp³-hybridized carbons (Fsp3) is 0.0769. The number of ether oxygens (including phenoxy) is 1. The molecule has 20 heavy (non-hydrogen) atoms. The van der Waals surface area contributed by atoms with Crippen molar-refractivity contribution in [2.24, 2.45) is 0 Å². The van der Waals surface area contributed by atoms with E-state index in [1.54, 1.807) is 24.3 Å². The smallest absolute Gasteiger partial charge is 0.522 e. The topological polar surface area (TPSA) is 9.23 Å². The maximum absolute atomic E-state index is 12.1. The zero-order chi connectivity index (χ0) is 13.9. The van der Waals surface area contributed by atoms with E-state index in [0.717, 1.165) is 14.7 Å². The van der Waals surface area contributed by atoms with Crippen molar-refractivity contribution in [1.29, 1.82) is 0 Å². The largest absolute Gasteiger partial charge is 1.00 e. The minimum Gasteiger partial charge on any atom is -0.522 e. The van der Waals surface area contributed by atoms with E-state index in [1.165, 1.54) is 0 Å². The van der Waals surface area contributed by atoms with Crippen LogP contribution < -0.4 is 56.1 Å². The average Bonchev–Trinajstić information content (AvgIpc) is 2.37. The van der Waals surface area contributed by atoms with Gasteiger partial charge in [-0.1, -0.05) is 24.3 Å². The summed E-state index contributed by atoms with van der Waals surface area (Å²) in [5, 5.41) is 0. The first kappa shape index (κ1) is 18.5. The van der Waals surface area contributed by atoms with E-state index in [-0.39, 0.29) is 57.1 Å². The summed E-state index contributed by atoms with van der Waals surface area (Å²) < 4.78 is 42.0. The molecule has 0 saturated heterocycles. The van der Waals surface area contributed by atoms with Gasteiger partial charge in [-0.3, -0.25) is 0 Å². The summed E-state index contributed by atoms with van der Waals surface area (Å²) in [5.74, 6) is 0.230. The average molecular weight is 416 g/mol. The molecule has 0 aliphatic heterocycles. The van der Waals surface area contributed by atoms with Crippen LogP contribution in [0.1, 0.15) is 0 Å². The molecule has 1 nitrogen and oxygen atoms in total. The van der Waals surface area contributed by atoms with Crippen molar-refractivity contribution >= 4 is 29.6 Å². The van der Waals surface area contributed by atoms with Gasteiger partial charge in [-0.05, 0) is 58.0 Å². The van der Waals surface area contributed by atoms with Gasteiger partial charge in [0.1, 0.15) is 5.75 Å². The van der Waals surface area contributed by atoms with E-state index in [0.29, 0.717) is 0 Å². The molecule has 0 radical (unpaired) electrons. The first-order chi connectivity index (χ1) is 8.94. The van der Waals surface area contributed by atoms with Gasteiger partial charge >= 0.3 is 58.4 Å². The van der Waals surface area contributed by atoms with Crippen LogP contribution in [-0.2, 0) is 0 Å². The second kappa shape index (κ2) is 8.19. The maximum atomic E-state index is 12.1. The molecule has 0 heterocycles. The minimum absolute atomic E-state index is 0. The summed E-state index contributed by atoms with van der Waals surface area (Å²) in [4.78, 5) is 0. The summed E-state index contributed by atoms with van der Waals surface area (Å²) in [6.07, 6.45) is 0. The van der Waals surface area contributed by atoms with Crippen molar-refractivity contribution < 1.29 is 69.1 Å². The van der Waals surface area contributed by atoms with Crippen LogP contribution in [-0.4, -0.2) is 13.5 Å². The van der Waals surface area contributed by atoms with Gasteiger partial charge < -0.3 is 17.7 Å². The Kier molecular flexibility index (Phi) is 7.58. The Bertz CT molecular complexity index is 543. The molecule has 0 amide bonds. The summed E-state index contributed by atoms with van der Waals surface area (Å²) >= 11 is 2.21. The predicted molar refractivity (Wildman–Crippen MR) is 79.2 cm³/mol. The van der Waals surface area contributed by atoms with Gasteiger partial charge in [-0.2, -0.15) is 0 Å². The summed E-state index contributed by atoms with van der Waals surface area (Å²) in [6, 6.07) is 14.5. The van der Waals surface area contributed by atoms with Crippen LogP contribution in [0.3, 0.4) is 0 Å². The van der Waals surface area contributed by atoms with E-state index in [4.69, 9.17) is 0 Å². The first-order valence-corrected chi connectivity index (χ1v) is 6.72. The molecule has 0 bridgehead atoms. The van der Waals surface area contributed by atoms with E-state index in [2.05, 4.69) is 27.3 Å². The Labute approximate surface area is 171 Å². The van der Waals surface area contributed by atoms with Crippen LogP contribution >= 0.6 is 22.6 Å². The molecule has 0 spiro atoms. The predicted octanol–water partition coefficient (Wildman–Crippen LogP) is 1.73. The second-order valence-corrected chi connectivity index (χ2v) is 5.30. The Morgan fingerprint density at radius 3 is 1.75 bits per heavy atom. The fourth-order valence-electron chi connectivity index (χ4n) is 1.58. The number of hydrogen-bond acceptors (Lipinski definition) is 1. The molecule has 2 aromatic rings. The molecule has 100 valence electrons. The van der Waals surface area contributed by atoms with Crippen LogP contribution in [0, 0.1) is 3.57 Å². The molecule has 0 fully saturated rings. The van der Waals surface area contributed by atoms with Gasteiger partial charge in [-0.15, -0.1) is 0 Å². The Hall–Kier alpha value is 0.461. The summed E-state index contributed by atoms with van der Waals surface area (Å²) in [5.41, 5.74) is 1.97. The first-order valence-electron chi connectivity index (χ1n) is 5.64. The molecular formula is C13H10BF3IKO. The molecule has 0 unspecified atom stereocenters. The van der Waals surface area contributed by atoms with Gasteiger partial charge in [0.2, 0.25) is 0 Å². The summed E-state index contributed by atoms with van der Waals surface area (Å²) in [7, 11) is 0. The SMILES string of the molecule is F[B-](F)(F)COc1ccc(-c2ccc(I)cc2)cc1.[K+]. The van der Waals surface area contributed by atoms with Crippen LogP contribution in [0.15, 0.2) is 48.5 Å². The molecule has 0 atom stereocenters. The molecule has 7 heteroatoms. The Morgan fingerprint density at radius 2 is 1.30 bits per heavy atom. The molecule has 0 saturated carbocycles. The van der Waals surface area contributed by atoms with Crippen molar-refractivity contribution in [3.05, 3.63) is 52.1 Å². The third-order valence-corrected chi connectivity index (χ3v) is 3.19. The van der Waals surface area contributed by atoms with Crippen molar-refractivity contribution in [2.75, 3.05) is 6.51 Å². The van der Waals surface area contributed by atoms with Crippen LogP contribution in [0.5, 0.6) is 5.75 Å². The number of benzene rings is 2. The molecule has 0 N–H and O–H groups in total. The quantitative estimate of drug-likeness (QED) is 0.546. The minimum atomic E-state index is -4.91. The molecular weight excluding hydrogens is 406 g/mol. The van der Waals surface area contributed by atoms with Gasteiger partial charge in [0.05, 0.1) is 6.51 Å². The maximum Gasteiger partial charge on any atom is 1.00 e. The molecule has 0 aromatic heterocycles. The van der Waals surface area contributed by atoms with E-state index < -0.39 is 13.5 Å². The standard InChI is InChI=1S/C13H10BF3IO.K/c15-14(16,17)9-19-13-7-3-11(4-8-13)10-1-5-12(18)6-2-10;/h1-8H,9H2;/q-1;+1. The number of halogens is 4. The van der Waals surface area contributed by atoms with Crippen molar-refractivity contribution in [1.82, 2.24) is 0 Å². The van der Waals surface area contributed by atoms with Crippen LogP contribution in [0.2, 0.25) is 0 Å². The molecule has 2 aromatic carbocycles. The molecule has 0 aliphatic rings. The number of hydrogen-bond donors (Lipinski definition) is 0. The van der Waals surface area contributed by atoms with Crippen LogP contribution in [0.25, 0.3) is 11.1 Å². The van der Waals surface area contributed by atoms with E-state index in [1.807, 2.05) is 24.3 Å². The Balaban J connectivity index is 0.00000200. The zero-order valence-electron chi connectivity index (χ0n) is 10.8. The summed E-state index contributed by atoms with van der Waals surface area (Å²) in [6.45, 7) is -6.12. The number of rotatable bonds is 4. The van der Waals surface area contributed by atoms with Crippen molar-refractivity contribution in [3.63, 3.8) is 0 Å².